The van der Waals surface area contributed by atoms with E-state index in [0.29, 0.717) is 17.3 Å². The van der Waals surface area contributed by atoms with Gasteiger partial charge in [-0.1, -0.05) is 23.4 Å². The van der Waals surface area contributed by atoms with Crippen molar-refractivity contribution in [2.45, 2.75) is 13.5 Å². The van der Waals surface area contributed by atoms with Crippen LogP contribution in [0.4, 0.5) is 11.5 Å². The van der Waals surface area contributed by atoms with E-state index in [9.17, 15) is 14.9 Å². The molecule has 10 nitrogen and oxygen atoms in total. The number of pyridine rings is 1. The van der Waals surface area contributed by atoms with Gasteiger partial charge in [0.25, 0.3) is 5.69 Å². The van der Waals surface area contributed by atoms with E-state index in [4.69, 9.17) is 4.52 Å². The maximum atomic E-state index is 12.1. The predicted molar refractivity (Wildman–Crippen MR) is 100 cm³/mol. The molecule has 144 valence electrons. The van der Waals surface area contributed by atoms with E-state index in [1.54, 1.807) is 36.3 Å². The van der Waals surface area contributed by atoms with E-state index in [1.807, 2.05) is 13.0 Å². The van der Waals surface area contributed by atoms with Crippen LogP contribution in [0, 0.1) is 17.0 Å². The number of likely N-dealkylation sites (N-methyl/N-ethyl adjacent to an activating group) is 1. The van der Waals surface area contributed by atoms with Crippen molar-refractivity contribution in [2.24, 2.45) is 0 Å². The van der Waals surface area contributed by atoms with Crippen molar-refractivity contribution in [1.82, 2.24) is 20.0 Å². The maximum absolute atomic E-state index is 12.1. The van der Waals surface area contributed by atoms with Crippen LogP contribution in [0.25, 0.3) is 11.4 Å². The van der Waals surface area contributed by atoms with Gasteiger partial charge in [-0.15, -0.1) is 0 Å². The Bertz CT molecular complexity index is 986. The van der Waals surface area contributed by atoms with Crippen molar-refractivity contribution >= 4 is 17.4 Å². The topological polar surface area (TPSA) is 127 Å². The third-order valence-electron chi connectivity index (χ3n) is 3.78. The minimum Gasteiger partial charge on any atom is -0.338 e. The molecular formula is C18H18N6O4. The molecule has 0 unspecified atom stereocenters. The first kappa shape index (κ1) is 19.1. The Balaban J connectivity index is 1.58. The van der Waals surface area contributed by atoms with Gasteiger partial charge < -0.3 is 9.84 Å². The van der Waals surface area contributed by atoms with Gasteiger partial charge in [0.2, 0.25) is 17.6 Å². The zero-order chi connectivity index (χ0) is 20.1. The molecule has 3 aromatic rings. The lowest BCUT2D eigenvalue weighted by molar-refractivity contribution is -0.384. The predicted octanol–water partition coefficient (Wildman–Crippen LogP) is 2.42. The summed E-state index contributed by atoms with van der Waals surface area (Å²) in [4.78, 5) is 32.6. The Morgan fingerprint density at radius 2 is 2.14 bits per heavy atom. The molecule has 3 rings (SSSR count). The average Bonchev–Trinajstić information content (AvgIpc) is 3.12. The van der Waals surface area contributed by atoms with E-state index in [2.05, 4.69) is 20.4 Å². The van der Waals surface area contributed by atoms with E-state index in [-0.39, 0.29) is 30.5 Å². The second kappa shape index (κ2) is 8.35. The number of nitrogens with zero attached hydrogens (tertiary/aromatic N) is 5. The summed E-state index contributed by atoms with van der Waals surface area (Å²) in [5.41, 5.74) is 1.43. The lowest BCUT2D eigenvalue weighted by atomic mass is 10.2. The number of carbonyl (C=O) groups excluding carboxylic acids is 1. The number of benzene rings is 1. The Labute approximate surface area is 160 Å². The van der Waals surface area contributed by atoms with Crippen molar-refractivity contribution in [3.8, 4) is 11.4 Å². The highest BCUT2D eigenvalue weighted by molar-refractivity contribution is 5.91. The first-order valence-corrected chi connectivity index (χ1v) is 8.39. The lowest BCUT2D eigenvalue weighted by Crippen LogP contribution is -2.30. The van der Waals surface area contributed by atoms with Gasteiger partial charge in [0.05, 0.1) is 18.0 Å². The highest BCUT2D eigenvalue weighted by Crippen LogP contribution is 2.21. The van der Waals surface area contributed by atoms with E-state index >= 15 is 0 Å². The molecule has 2 heterocycles. The Hall–Kier alpha value is -3.66. The molecule has 0 bridgehead atoms. The molecule has 0 radical (unpaired) electrons. The summed E-state index contributed by atoms with van der Waals surface area (Å²) in [5, 5.41) is 17.4. The minimum atomic E-state index is -0.486. The summed E-state index contributed by atoms with van der Waals surface area (Å²) in [5.74, 6) is 0.803. The lowest BCUT2D eigenvalue weighted by Gasteiger charge is -2.13. The normalized spacial score (nSPS) is 10.8. The smallest absolute Gasteiger partial charge is 0.270 e. The number of rotatable bonds is 7. The second-order valence-corrected chi connectivity index (χ2v) is 6.26. The van der Waals surface area contributed by atoms with Crippen LogP contribution in [0.15, 0.2) is 47.1 Å². The fourth-order valence-corrected chi connectivity index (χ4v) is 2.45. The third-order valence-corrected chi connectivity index (χ3v) is 3.78. The maximum Gasteiger partial charge on any atom is 0.270 e. The average molecular weight is 382 g/mol. The van der Waals surface area contributed by atoms with Crippen molar-refractivity contribution in [1.29, 1.82) is 0 Å². The van der Waals surface area contributed by atoms with Crippen LogP contribution in [0.1, 0.15) is 11.5 Å². The van der Waals surface area contributed by atoms with Crippen LogP contribution in [0.2, 0.25) is 0 Å². The van der Waals surface area contributed by atoms with Crippen molar-refractivity contribution in [3.05, 3.63) is 64.2 Å². The Morgan fingerprint density at radius 3 is 2.86 bits per heavy atom. The molecule has 0 aliphatic heterocycles. The van der Waals surface area contributed by atoms with Gasteiger partial charge in [-0.25, -0.2) is 4.98 Å². The van der Waals surface area contributed by atoms with Gasteiger partial charge in [-0.05, 0) is 25.6 Å². The number of hydrogen-bond acceptors (Lipinski definition) is 8. The molecule has 0 fully saturated rings. The standard InChI is InChI=1S/C18H18N6O4/c1-12-6-7-15(19-9-12)20-16(25)10-23(2)11-17-21-18(22-28-17)13-4-3-5-14(8-13)24(26)27/h3-9H,10-11H2,1-2H3,(H,19,20,25). The molecule has 0 saturated carbocycles. The molecule has 1 aromatic carbocycles. The molecule has 0 atom stereocenters. The van der Waals surface area contributed by atoms with Gasteiger partial charge in [0.1, 0.15) is 5.82 Å². The monoisotopic (exact) mass is 382 g/mol. The summed E-state index contributed by atoms with van der Waals surface area (Å²) in [6.07, 6.45) is 1.67. The summed E-state index contributed by atoms with van der Waals surface area (Å²) in [6, 6.07) is 9.57. The van der Waals surface area contributed by atoms with Crippen LogP contribution in [0.5, 0.6) is 0 Å². The van der Waals surface area contributed by atoms with Gasteiger partial charge in [-0.3, -0.25) is 19.8 Å². The molecule has 0 aliphatic carbocycles. The summed E-state index contributed by atoms with van der Waals surface area (Å²) >= 11 is 0. The third kappa shape index (κ3) is 4.95. The number of aromatic nitrogens is 3. The molecule has 10 heteroatoms. The zero-order valence-corrected chi connectivity index (χ0v) is 15.3. The Morgan fingerprint density at radius 1 is 1.32 bits per heavy atom. The number of amides is 1. The fraction of sp³-hybridized carbons (Fsp3) is 0.222. The van der Waals surface area contributed by atoms with Gasteiger partial charge in [0.15, 0.2) is 0 Å². The van der Waals surface area contributed by atoms with Crippen molar-refractivity contribution < 1.29 is 14.2 Å². The summed E-state index contributed by atoms with van der Waals surface area (Å²) < 4.78 is 5.19. The summed E-state index contributed by atoms with van der Waals surface area (Å²) in [6.45, 7) is 2.26. The van der Waals surface area contributed by atoms with Gasteiger partial charge in [0, 0.05) is 23.9 Å². The van der Waals surface area contributed by atoms with Crippen LogP contribution in [-0.2, 0) is 11.3 Å². The van der Waals surface area contributed by atoms with Crippen LogP contribution >= 0.6 is 0 Å². The van der Waals surface area contributed by atoms with Crippen molar-refractivity contribution in [2.75, 3.05) is 18.9 Å². The van der Waals surface area contributed by atoms with Gasteiger partial charge >= 0.3 is 0 Å². The van der Waals surface area contributed by atoms with E-state index in [1.165, 1.54) is 12.1 Å². The minimum absolute atomic E-state index is 0.0534. The first-order chi connectivity index (χ1) is 13.4. The molecule has 1 amide bonds. The molecule has 0 spiro atoms. The number of hydrogen-bond donors (Lipinski definition) is 1. The van der Waals surface area contributed by atoms with E-state index < -0.39 is 4.92 Å². The van der Waals surface area contributed by atoms with Gasteiger partial charge in [-0.2, -0.15) is 4.98 Å². The van der Waals surface area contributed by atoms with Crippen LogP contribution < -0.4 is 5.32 Å². The number of nitro groups is 1. The number of nitro benzene ring substituents is 1. The van der Waals surface area contributed by atoms with E-state index in [0.717, 1.165) is 5.56 Å². The number of aryl methyl sites for hydroxylation is 1. The number of anilines is 1. The number of carbonyl (C=O) groups is 1. The SMILES string of the molecule is Cc1ccc(NC(=O)CN(C)Cc2nc(-c3cccc([N+](=O)[O-])c3)no2)nc1. The highest BCUT2D eigenvalue weighted by Gasteiger charge is 2.15. The molecule has 28 heavy (non-hydrogen) atoms. The second-order valence-electron chi connectivity index (χ2n) is 6.26. The molecular weight excluding hydrogens is 364 g/mol. The zero-order valence-electron chi connectivity index (χ0n) is 15.3. The van der Waals surface area contributed by atoms with Crippen LogP contribution in [-0.4, -0.2) is 44.4 Å². The summed E-state index contributed by atoms with van der Waals surface area (Å²) in [7, 11) is 1.74. The fourth-order valence-electron chi connectivity index (χ4n) is 2.45. The quantitative estimate of drug-likeness (QED) is 0.487. The largest absolute Gasteiger partial charge is 0.338 e. The molecule has 0 aliphatic rings. The highest BCUT2D eigenvalue weighted by atomic mass is 16.6. The Kier molecular flexibility index (Phi) is 5.70. The number of non-ortho nitro benzene ring substituents is 1. The molecule has 2 aromatic heterocycles. The van der Waals surface area contributed by atoms with Crippen LogP contribution in [0.3, 0.4) is 0 Å². The molecule has 1 N–H and O–H groups in total. The first-order valence-electron chi connectivity index (χ1n) is 8.39. The number of nitrogens with one attached hydrogen (secondary N) is 1. The van der Waals surface area contributed by atoms with Crippen molar-refractivity contribution in [3.63, 3.8) is 0 Å². The molecule has 0 saturated heterocycles.